The molecule has 3 fully saturated rings. The molecule has 0 radical (unpaired) electrons. The van der Waals surface area contributed by atoms with E-state index >= 15 is 0 Å². The van der Waals surface area contributed by atoms with E-state index < -0.39 is 29.1 Å². The number of fused-ring (bicyclic) bond motifs is 4. The molecule has 2 N–H and O–H groups in total. The molecule has 4 amide bonds. The summed E-state index contributed by atoms with van der Waals surface area (Å²) >= 11 is 0. The third kappa shape index (κ3) is 2.78. The van der Waals surface area contributed by atoms with Gasteiger partial charge in [-0.25, -0.2) is 4.90 Å². The van der Waals surface area contributed by atoms with Crippen LogP contribution in [-0.4, -0.2) is 28.7 Å². The highest BCUT2D eigenvalue weighted by atomic mass is 16.3. The molecule has 4 aliphatic rings. The van der Waals surface area contributed by atoms with E-state index in [4.69, 9.17) is 0 Å². The summed E-state index contributed by atoms with van der Waals surface area (Å²) in [5, 5.41) is 13.6. The van der Waals surface area contributed by atoms with Crippen LogP contribution >= 0.6 is 0 Å². The Morgan fingerprint density at radius 2 is 1.71 bits per heavy atom. The predicted molar refractivity (Wildman–Crippen MR) is 127 cm³/mol. The number of carbonyl (C=O) groups excluding carboxylic acids is 4. The van der Waals surface area contributed by atoms with E-state index in [1.807, 2.05) is 25.1 Å². The number of anilines is 1. The monoisotopic (exact) mass is 470 g/mol. The van der Waals surface area contributed by atoms with E-state index in [1.54, 1.807) is 43.3 Å². The molecule has 0 spiro atoms. The van der Waals surface area contributed by atoms with Crippen molar-refractivity contribution in [3.8, 4) is 5.75 Å². The van der Waals surface area contributed by atoms with Gasteiger partial charge in [-0.05, 0) is 50.3 Å². The number of aryl methyl sites for hydroxylation is 1. The molecule has 0 unspecified atom stereocenters. The maximum atomic E-state index is 14.1. The standard InChI is InChI=1S/C28H26N2O5/c1-14-7-6-10-18(23(14)31)22-16-11-12-17-21(25(33)29-24(17)32)19(16)13-20-26(34)30(27(35)28(20,22)2)15-8-4-3-5-9-15/h3-11,17,19-22,31H,12-13H2,1-2H3,(H,29,32,33)/t17-,19+,20-,21-,22+,28+/m0/s1. The molecule has 2 heterocycles. The number of para-hydroxylation sites is 2. The molecule has 2 saturated heterocycles. The topological polar surface area (TPSA) is 104 Å². The molecule has 7 heteroatoms. The van der Waals surface area contributed by atoms with Crippen LogP contribution in [0.3, 0.4) is 0 Å². The van der Waals surface area contributed by atoms with Gasteiger partial charge in [-0.3, -0.25) is 24.5 Å². The van der Waals surface area contributed by atoms with Gasteiger partial charge in [0.15, 0.2) is 0 Å². The van der Waals surface area contributed by atoms with Crippen LogP contribution < -0.4 is 10.2 Å². The number of amides is 4. The number of phenolic OH excluding ortho intramolecular Hbond substituents is 1. The second-order valence-corrected chi connectivity index (χ2v) is 10.4. The molecule has 2 aliphatic carbocycles. The van der Waals surface area contributed by atoms with Crippen LogP contribution in [-0.2, 0) is 19.2 Å². The number of hydrogen-bond acceptors (Lipinski definition) is 5. The summed E-state index contributed by atoms with van der Waals surface area (Å²) in [5.74, 6) is -3.81. The van der Waals surface area contributed by atoms with Crippen molar-refractivity contribution in [3.05, 3.63) is 71.3 Å². The van der Waals surface area contributed by atoms with E-state index in [2.05, 4.69) is 5.32 Å². The van der Waals surface area contributed by atoms with Gasteiger partial charge >= 0.3 is 0 Å². The van der Waals surface area contributed by atoms with E-state index in [0.717, 1.165) is 5.57 Å². The van der Waals surface area contributed by atoms with Crippen molar-refractivity contribution in [2.75, 3.05) is 4.90 Å². The lowest BCUT2D eigenvalue weighted by molar-refractivity contribution is -0.131. The third-order valence-electron chi connectivity index (χ3n) is 8.71. The van der Waals surface area contributed by atoms with Crippen LogP contribution in [0.2, 0.25) is 0 Å². The summed E-state index contributed by atoms with van der Waals surface area (Å²) in [6, 6.07) is 14.3. The molecule has 2 aromatic rings. The largest absolute Gasteiger partial charge is 0.507 e. The maximum Gasteiger partial charge on any atom is 0.241 e. The Bertz CT molecular complexity index is 1330. The molecule has 1 saturated carbocycles. The molecule has 0 bridgehead atoms. The minimum Gasteiger partial charge on any atom is -0.507 e. The fraction of sp³-hybridized carbons (Fsp3) is 0.357. The summed E-state index contributed by atoms with van der Waals surface area (Å²) in [6.07, 6.45) is 2.67. The van der Waals surface area contributed by atoms with Crippen molar-refractivity contribution in [1.82, 2.24) is 5.32 Å². The molecule has 35 heavy (non-hydrogen) atoms. The second kappa shape index (κ2) is 7.38. The zero-order valence-electron chi connectivity index (χ0n) is 19.5. The molecular formula is C28H26N2O5. The number of benzene rings is 2. The van der Waals surface area contributed by atoms with Crippen LogP contribution in [0.15, 0.2) is 60.2 Å². The van der Waals surface area contributed by atoms with E-state index in [9.17, 15) is 24.3 Å². The van der Waals surface area contributed by atoms with Crippen molar-refractivity contribution in [3.63, 3.8) is 0 Å². The number of nitrogens with zero attached hydrogens (tertiary/aromatic N) is 1. The molecule has 178 valence electrons. The summed E-state index contributed by atoms with van der Waals surface area (Å²) in [6.45, 7) is 3.61. The number of nitrogens with one attached hydrogen (secondary N) is 1. The first-order valence-electron chi connectivity index (χ1n) is 12.0. The van der Waals surface area contributed by atoms with E-state index in [1.165, 1.54) is 4.90 Å². The number of imide groups is 2. The number of rotatable bonds is 2. The van der Waals surface area contributed by atoms with Crippen molar-refractivity contribution in [2.24, 2.45) is 29.1 Å². The lowest BCUT2D eigenvalue weighted by Gasteiger charge is -2.49. The fourth-order valence-electron chi connectivity index (χ4n) is 7.01. The van der Waals surface area contributed by atoms with Gasteiger partial charge in [0, 0.05) is 11.5 Å². The third-order valence-corrected chi connectivity index (χ3v) is 8.71. The molecule has 2 aliphatic heterocycles. The Balaban J connectivity index is 1.57. The summed E-state index contributed by atoms with van der Waals surface area (Å²) in [5.41, 5.74) is 1.48. The smallest absolute Gasteiger partial charge is 0.241 e. The van der Waals surface area contributed by atoms with Crippen molar-refractivity contribution in [2.45, 2.75) is 32.6 Å². The van der Waals surface area contributed by atoms with Gasteiger partial charge in [0.05, 0.1) is 28.9 Å². The van der Waals surface area contributed by atoms with Crippen molar-refractivity contribution < 1.29 is 24.3 Å². The average molecular weight is 471 g/mol. The lowest BCUT2D eigenvalue weighted by Crippen LogP contribution is -2.48. The summed E-state index contributed by atoms with van der Waals surface area (Å²) in [7, 11) is 0. The Labute approximate surface area is 202 Å². The number of carbonyl (C=O) groups is 4. The number of phenols is 1. The van der Waals surface area contributed by atoms with E-state index in [-0.39, 0.29) is 35.3 Å². The van der Waals surface area contributed by atoms with Gasteiger partial charge in [-0.2, -0.15) is 0 Å². The van der Waals surface area contributed by atoms with Crippen LogP contribution in [0.4, 0.5) is 5.69 Å². The lowest BCUT2D eigenvalue weighted by atomic mass is 9.51. The molecular weight excluding hydrogens is 444 g/mol. The first kappa shape index (κ1) is 21.8. The minimum atomic E-state index is -1.15. The normalized spacial score (nSPS) is 33.7. The van der Waals surface area contributed by atoms with Gasteiger partial charge < -0.3 is 5.11 Å². The first-order valence-corrected chi connectivity index (χ1v) is 12.0. The van der Waals surface area contributed by atoms with Crippen LogP contribution in [0, 0.1) is 36.0 Å². The van der Waals surface area contributed by atoms with Gasteiger partial charge in [-0.1, -0.05) is 48.0 Å². The van der Waals surface area contributed by atoms with Crippen LogP contribution in [0.25, 0.3) is 0 Å². The predicted octanol–water partition coefficient (Wildman–Crippen LogP) is 3.22. The number of aromatic hydroxyl groups is 1. The Morgan fingerprint density at radius 1 is 0.971 bits per heavy atom. The zero-order valence-corrected chi connectivity index (χ0v) is 19.5. The van der Waals surface area contributed by atoms with E-state index in [0.29, 0.717) is 29.7 Å². The average Bonchev–Trinajstić information content (AvgIpc) is 3.24. The Hall–Kier alpha value is -3.74. The zero-order chi connectivity index (χ0) is 24.6. The second-order valence-electron chi connectivity index (χ2n) is 10.4. The molecule has 2 aromatic carbocycles. The summed E-state index contributed by atoms with van der Waals surface area (Å²) < 4.78 is 0. The Morgan fingerprint density at radius 3 is 2.46 bits per heavy atom. The number of allylic oxidation sites excluding steroid dienone is 2. The molecule has 6 atom stereocenters. The van der Waals surface area contributed by atoms with Crippen molar-refractivity contribution in [1.29, 1.82) is 0 Å². The fourth-order valence-corrected chi connectivity index (χ4v) is 7.01. The Kier molecular flexibility index (Phi) is 4.59. The SMILES string of the molecule is Cc1cccc([C@H]2C3=CC[C@@H]4C(=O)NC(=O)[C@@H]4[C@@H]3C[C@H]3C(=O)N(c4ccccc4)C(=O)[C@@]23C)c1O. The molecule has 0 aromatic heterocycles. The number of hydrogen-bond donors (Lipinski definition) is 2. The molecule has 6 rings (SSSR count). The van der Waals surface area contributed by atoms with Gasteiger partial charge in [0.2, 0.25) is 23.6 Å². The van der Waals surface area contributed by atoms with Gasteiger partial charge in [0.25, 0.3) is 0 Å². The quantitative estimate of drug-likeness (QED) is 0.518. The maximum absolute atomic E-state index is 14.1. The summed E-state index contributed by atoms with van der Waals surface area (Å²) in [4.78, 5) is 54.6. The highest BCUT2D eigenvalue weighted by Gasteiger charge is 2.67. The first-order chi connectivity index (χ1) is 16.7. The van der Waals surface area contributed by atoms with Crippen molar-refractivity contribution >= 4 is 29.3 Å². The highest BCUT2D eigenvalue weighted by Crippen LogP contribution is 2.64. The van der Waals surface area contributed by atoms with Gasteiger partial charge in [0.1, 0.15) is 5.75 Å². The highest BCUT2D eigenvalue weighted by molar-refractivity contribution is 6.24. The van der Waals surface area contributed by atoms with Crippen LogP contribution in [0.1, 0.15) is 36.8 Å². The van der Waals surface area contributed by atoms with Crippen LogP contribution in [0.5, 0.6) is 5.75 Å². The van der Waals surface area contributed by atoms with Gasteiger partial charge in [-0.15, -0.1) is 0 Å². The molecule has 7 nitrogen and oxygen atoms in total. The minimum absolute atomic E-state index is 0.0894.